The minimum Gasteiger partial charge on any atom is -0.457 e. The van der Waals surface area contributed by atoms with Gasteiger partial charge in [0.25, 0.3) is 0 Å². The maximum absolute atomic E-state index is 12.9. The smallest absolute Gasteiger partial charge is 0.306 e. The molecule has 14 heteroatoms. The van der Waals surface area contributed by atoms with Gasteiger partial charge in [-0.15, -0.1) is 0 Å². The van der Waals surface area contributed by atoms with Crippen LogP contribution in [0.15, 0.2) is 0 Å². The lowest BCUT2D eigenvalue weighted by Gasteiger charge is -2.42. The van der Waals surface area contributed by atoms with E-state index >= 15 is 0 Å². The number of unbranched alkanes of at least 4 members (excludes halogenated alkanes) is 26. The first-order valence-electron chi connectivity index (χ1n) is 25.1. The number of ether oxygens (including phenoxy) is 6. The molecular formula is C48H92O14. The van der Waals surface area contributed by atoms with E-state index in [4.69, 9.17) is 28.4 Å². The van der Waals surface area contributed by atoms with Crippen molar-refractivity contribution in [3.05, 3.63) is 0 Å². The number of aliphatic hydroxyl groups excluding tert-OH is 7. The SMILES string of the molecule is CCCCCCCCCCCCCCCCCCCCOCC(COC1OC(COC2OC(CO)C(O)C(O)C2O)C(O)C(O)C1O)OC(=O)CCCCCCCCCCCC. The summed E-state index contributed by atoms with van der Waals surface area (Å²) >= 11 is 0. The fourth-order valence-electron chi connectivity index (χ4n) is 8.23. The summed E-state index contributed by atoms with van der Waals surface area (Å²) in [6.07, 6.45) is 18.9. The number of hydrogen-bond donors (Lipinski definition) is 7. The molecule has 2 saturated heterocycles. The normalized spacial score (nSPS) is 27.1. The van der Waals surface area contributed by atoms with E-state index in [1.54, 1.807) is 0 Å². The van der Waals surface area contributed by atoms with E-state index in [0.717, 1.165) is 38.5 Å². The Morgan fingerprint density at radius 2 is 0.855 bits per heavy atom. The fourth-order valence-corrected chi connectivity index (χ4v) is 8.23. The number of esters is 1. The van der Waals surface area contributed by atoms with E-state index in [0.29, 0.717) is 13.0 Å². The van der Waals surface area contributed by atoms with Gasteiger partial charge in [0, 0.05) is 13.0 Å². The van der Waals surface area contributed by atoms with E-state index < -0.39 is 80.7 Å². The van der Waals surface area contributed by atoms with Crippen molar-refractivity contribution in [2.24, 2.45) is 0 Å². The number of rotatable bonds is 40. The summed E-state index contributed by atoms with van der Waals surface area (Å²) in [7, 11) is 0. The number of carbonyl (C=O) groups is 1. The van der Waals surface area contributed by atoms with Crippen LogP contribution in [0.1, 0.15) is 200 Å². The summed E-state index contributed by atoms with van der Waals surface area (Å²) in [6.45, 7) is 3.71. The Bertz CT molecular complexity index is 1040. The standard InChI is InChI=1S/C48H92O14/c1-3-5-7-9-11-13-15-16-17-18-19-20-21-22-24-26-28-30-32-57-34-37(60-40(50)31-29-27-25-23-14-12-10-8-6-4-2)35-58-47-46(56)44(54)42(52)39(62-47)36-59-48-45(55)43(53)41(51)38(33-49)61-48/h37-39,41-49,51-56H,3-36H2,1-2H3. The molecular weight excluding hydrogens is 801 g/mol. The van der Waals surface area contributed by atoms with Crippen molar-refractivity contribution in [3.8, 4) is 0 Å². The second-order valence-electron chi connectivity index (χ2n) is 18.0. The van der Waals surface area contributed by atoms with Crippen LogP contribution >= 0.6 is 0 Å². The molecule has 14 nitrogen and oxygen atoms in total. The molecule has 0 amide bonds. The van der Waals surface area contributed by atoms with Gasteiger partial charge in [-0.05, 0) is 12.8 Å². The molecule has 0 aliphatic carbocycles. The van der Waals surface area contributed by atoms with Gasteiger partial charge in [-0.2, -0.15) is 0 Å². The first-order chi connectivity index (χ1) is 30.1. The summed E-state index contributed by atoms with van der Waals surface area (Å²) < 4.78 is 34.2. The van der Waals surface area contributed by atoms with Crippen LogP contribution in [-0.4, -0.2) is 142 Å². The maximum Gasteiger partial charge on any atom is 0.306 e. The molecule has 11 atom stereocenters. The minimum absolute atomic E-state index is 0.0698. The summed E-state index contributed by atoms with van der Waals surface area (Å²) in [5, 5.41) is 72.0. The third-order valence-corrected chi connectivity index (χ3v) is 12.4. The summed E-state index contributed by atoms with van der Waals surface area (Å²) in [4.78, 5) is 12.9. The number of aliphatic hydroxyl groups is 7. The Hall–Kier alpha value is -1.01. The number of carbonyl (C=O) groups excluding carboxylic acids is 1. The third-order valence-electron chi connectivity index (χ3n) is 12.4. The van der Waals surface area contributed by atoms with E-state index in [1.165, 1.54) is 135 Å². The van der Waals surface area contributed by atoms with Gasteiger partial charge >= 0.3 is 5.97 Å². The van der Waals surface area contributed by atoms with Gasteiger partial charge in [0.05, 0.1) is 26.4 Å². The molecule has 0 radical (unpaired) electrons. The van der Waals surface area contributed by atoms with Crippen LogP contribution in [0.5, 0.6) is 0 Å². The summed E-state index contributed by atoms with van der Waals surface area (Å²) in [5.41, 5.74) is 0. The van der Waals surface area contributed by atoms with Crippen molar-refractivity contribution in [2.45, 2.75) is 268 Å². The molecule has 2 fully saturated rings. The zero-order valence-corrected chi connectivity index (χ0v) is 38.9. The lowest BCUT2D eigenvalue weighted by molar-refractivity contribution is -0.332. The molecule has 0 aromatic rings. The molecule has 368 valence electrons. The highest BCUT2D eigenvalue weighted by molar-refractivity contribution is 5.69. The van der Waals surface area contributed by atoms with Crippen LogP contribution in [0.25, 0.3) is 0 Å². The van der Waals surface area contributed by atoms with Crippen LogP contribution in [-0.2, 0) is 33.2 Å². The fraction of sp³-hybridized carbons (Fsp3) is 0.979. The molecule has 2 aliphatic rings. The number of hydrogen-bond acceptors (Lipinski definition) is 14. The maximum atomic E-state index is 12.9. The van der Waals surface area contributed by atoms with Gasteiger partial charge in [-0.25, -0.2) is 0 Å². The van der Waals surface area contributed by atoms with Crippen molar-refractivity contribution < 1.29 is 69.0 Å². The van der Waals surface area contributed by atoms with Gasteiger partial charge in [-0.3, -0.25) is 4.79 Å². The summed E-state index contributed by atoms with van der Waals surface area (Å²) in [6, 6.07) is 0. The van der Waals surface area contributed by atoms with Gasteiger partial charge in [0.1, 0.15) is 54.9 Å². The molecule has 2 heterocycles. The highest BCUT2D eigenvalue weighted by Gasteiger charge is 2.47. The molecule has 2 rings (SSSR count). The monoisotopic (exact) mass is 893 g/mol. The zero-order valence-electron chi connectivity index (χ0n) is 38.9. The molecule has 62 heavy (non-hydrogen) atoms. The lowest BCUT2D eigenvalue weighted by atomic mass is 9.98. The second kappa shape index (κ2) is 37.1. The van der Waals surface area contributed by atoms with Gasteiger partial charge in [0.15, 0.2) is 12.6 Å². The highest BCUT2D eigenvalue weighted by Crippen LogP contribution is 2.26. The van der Waals surface area contributed by atoms with Crippen molar-refractivity contribution in [2.75, 3.05) is 33.0 Å². The Labute approximate surface area is 374 Å². The zero-order chi connectivity index (χ0) is 45.2. The lowest BCUT2D eigenvalue weighted by Crippen LogP contribution is -2.61. The first-order valence-corrected chi connectivity index (χ1v) is 25.1. The van der Waals surface area contributed by atoms with E-state index in [2.05, 4.69) is 13.8 Å². The summed E-state index contributed by atoms with van der Waals surface area (Å²) in [5.74, 6) is -0.374. The van der Waals surface area contributed by atoms with Crippen molar-refractivity contribution in [3.63, 3.8) is 0 Å². The van der Waals surface area contributed by atoms with Crippen LogP contribution in [0.3, 0.4) is 0 Å². The van der Waals surface area contributed by atoms with Gasteiger partial charge in [0.2, 0.25) is 0 Å². The minimum atomic E-state index is -1.70. The molecule has 0 saturated carbocycles. The van der Waals surface area contributed by atoms with Crippen LogP contribution in [0, 0.1) is 0 Å². The van der Waals surface area contributed by atoms with Crippen LogP contribution < -0.4 is 0 Å². The largest absolute Gasteiger partial charge is 0.457 e. The Morgan fingerprint density at radius 1 is 0.468 bits per heavy atom. The average Bonchev–Trinajstić information content (AvgIpc) is 3.27. The molecule has 0 aromatic carbocycles. The van der Waals surface area contributed by atoms with Gasteiger partial charge < -0.3 is 64.2 Å². The molecule has 11 unspecified atom stereocenters. The predicted octanol–water partition coefficient (Wildman–Crippen LogP) is 6.91. The first kappa shape index (κ1) is 57.1. The van der Waals surface area contributed by atoms with Gasteiger partial charge in [-0.1, -0.05) is 181 Å². The highest BCUT2D eigenvalue weighted by atomic mass is 16.7. The van der Waals surface area contributed by atoms with E-state index in [9.17, 15) is 40.5 Å². The van der Waals surface area contributed by atoms with Crippen molar-refractivity contribution >= 4 is 5.97 Å². The Morgan fingerprint density at radius 3 is 1.31 bits per heavy atom. The Kier molecular flexibility index (Phi) is 34.2. The van der Waals surface area contributed by atoms with E-state index in [-0.39, 0.29) is 25.6 Å². The molecule has 0 bridgehead atoms. The molecule has 2 aliphatic heterocycles. The van der Waals surface area contributed by atoms with Crippen LogP contribution in [0.2, 0.25) is 0 Å². The Balaban J connectivity index is 1.74. The van der Waals surface area contributed by atoms with E-state index in [1.807, 2.05) is 0 Å². The molecule has 7 N–H and O–H groups in total. The quantitative estimate of drug-likeness (QED) is 0.0246. The molecule has 0 spiro atoms. The predicted molar refractivity (Wildman–Crippen MR) is 238 cm³/mol. The van der Waals surface area contributed by atoms with Crippen LogP contribution in [0.4, 0.5) is 0 Å². The topological polar surface area (TPSA) is 214 Å². The molecule has 0 aromatic heterocycles. The second-order valence-corrected chi connectivity index (χ2v) is 18.0. The van der Waals surface area contributed by atoms with Crippen molar-refractivity contribution in [1.29, 1.82) is 0 Å². The van der Waals surface area contributed by atoms with Crippen molar-refractivity contribution in [1.82, 2.24) is 0 Å². The third kappa shape index (κ3) is 25.0. The average molecular weight is 893 g/mol.